The number of likely N-dealkylation sites (tertiary alicyclic amines) is 1. The number of aliphatic hydroxyl groups is 1. The number of rotatable bonds is 6. The van der Waals surface area contributed by atoms with E-state index < -0.39 is 23.7 Å². The number of aliphatic hydroxyl groups excluding tert-OH is 1. The number of pyridine rings is 1. The van der Waals surface area contributed by atoms with Gasteiger partial charge in [0.05, 0.1) is 36.0 Å². The van der Waals surface area contributed by atoms with Gasteiger partial charge in [-0.15, -0.1) is 0 Å². The first-order valence-corrected chi connectivity index (χ1v) is 12.3. The molecule has 1 aromatic heterocycles. The Morgan fingerprint density at radius 2 is 1.79 bits per heavy atom. The minimum Gasteiger partial charge on any atom is -0.507 e. The number of fused-ring (bicyclic) bond motifs is 1. The topological polar surface area (TPSA) is 109 Å². The molecule has 1 atom stereocenters. The predicted molar refractivity (Wildman–Crippen MR) is 140 cm³/mol. The van der Waals surface area contributed by atoms with Gasteiger partial charge in [0.2, 0.25) is 0 Å². The Balaban J connectivity index is 1.54. The van der Waals surface area contributed by atoms with Gasteiger partial charge in [0.15, 0.2) is 0 Å². The summed E-state index contributed by atoms with van der Waals surface area (Å²) in [6.45, 7) is 3.34. The Labute approximate surface area is 219 Å². The third-order valence-electron chi connectivity index (χ3n) is 6.71. The van der Waals surface area contributed by atoms with E-state index >= 15 is 0 Å². The summed E-state index contributed by atoms with van der Waals surface area (Å²) in [5, 5.41) is 11.4. The quantitative estimate of drug-likeness (QED) is 0.230. The molecular weight excluding hydrogens is 486 g/mol. The van der Waals surface area contributed by atoms with Gasteiger partial charge in [-0.05, 0) is 60.5 Å². The summed E-state index contributed by atoms with van der Waals surface area (Å²) in [6.07, 6.45) is 3.16. The lowest BCUT2D eigenvalue weighted by Gasteiger charge is -2.28. The lowest BCUT2D eigenvalue weighted by molar-refractivity contribution is -0.140. The van der Waals surface area contributed by atoms with Crippen LogP contribution in [0.1, 0.15) is 40.0 Å². The lowest BCUT2D eigenvalue weighted by atomic mass is 9.95. The van der Waals surface area contributed by atoms with E-state index in [0.717, 1.165) is 5.69 Å². The number of ketones is 1. The number of carbonyl (C=O) groups is 3. The molecule has 0 aliphatic carbocycles. The number of carbonyl (C=O) groups excluding carboxylic acids is 3. The number of amides is 1. The molecule has 2 aromatic carbocycles. The highest BCUT2D eigenvalue weighted by atomic mass is 16.5. The van der Waals surface area contributed by atoms with Crippen molar-refractivity contribution < 1.29 is 29.0 Å². The van der Waals surface area contributed by atoms with Gasteiger partial charge in [-0.1, -0.05) is 12.1 Å². The molecular formula is C29H27N3O6. The average Bonchev–Trinajstić information content (AvgIpc) is 3.18. The smallest absolute Gasteiger partial charge is 0.338 e. The van der Waals surface area contributed by atoms with Crippen molar-refractivity contribution in [3.05, 3.63) is 94.8 Å². The van der Waals surface area contributed by atoms with Crippen LogP contribution in [0.15, 0.2) is 72.6 Å². The van der Waals surface area contributed by atoms with E-state index in [2.05, 4.69) is 4.98 Å². The number of Topliss-reactive ketones (excluding diaryl/α,β-unsaturated/α-hetero) is 1. The number of likely N-dealkylation sites (N-methyl/N-ethyl adjacent to an activating group) is 1. The summed E-state index contributed by atoms with van der Waals surface area (Å²) in [4.78, 5) is 46.2. The van der Waals surface area contributed by atoms with Gasteiger partial charge in [-0.3, -0.25) is 14.6 Å². The van der Waals surface area contributed by atoms with Crippen molar-refractivity contribution in [3.8, 4) is 5.75 Å². The van der Waals surface area contributed by atoms with Crippen LogP contribution in [0.4, 0.5) is 5.69 Å². The summed E-state index contributed by atoms with van der Waals surface area (Å²) in [6, 6.07) is 14.5. The van der Waals surface area contributed by atoms with Crippen LogP contribution in [-0.2, 0) is 20.9 Å². The summed E-state index contributed by atoms with van der Waals surface area (Å²) >= 11 is 0. The van der Waals surface area contributed by atoms with Crippen LogP contribution < -0.4 is 9.64 Å². The van der Waals surface area contributed by atoms with Gasteiger partial charge in [0.25, 0.3) is 11.7 Å². The minimum atomic E-state index is -0.826. The molecule has 194 valence electrons. The number of anilines is 1. The number of esters is 1. The Bertz CT molecular complexity index is 1420. The van der Waals surface area contributed by atoms with Crippen LogP contribution in [0, 0.1) is 0 Å². The highest BCUT2D eigenvalue weighted by Gasteiger charge is 2.46. The molecule has 0 saturated carbocycles. The fourth-order valence-corrected chi connectivity index (χ4v) is 4.75. The number of hydrogen-bond donors (Lipinski definition) is 1. The number of ether oxygens (including phenoxy) is 2. The van der Waals surface area contributed by atoms with Gasteiger partial charge in [-0.25, -0.2) is 4.79 Å². The third-order valence-corrected chi connectivity index (χ3v) is 6.71. The molecule has 3 heterocycles. The van der Waals surface area contributed by atoms with Crippen molar-refractivity contribution in [3.63, 3.8) is 0 Å². The number of nitrogens with zero attached hydrogens (tertiary/aromatic N) is 3. The minimum absolute atomic E-state index is 0.00340. The molecule has 2 aliphatic heterocycles. The molecule has 1 amide bonds. The van der Waals surface area contributed by atoms with Crippen LogP contribution in [0.2, 0.25) is 0 Å². The zero-order valence-electron chi connectivity index (χ0n) is 21.1. The zero-order chi connectivity index (χ0) is 26.8. The van der Waals surface area contributed by atoms with Gasteiger partial charge < -0.3 is 24.4 Å². The largest absolute Gasteiger partial charge is 0.507 e. The molecule has 2 aliphatic rings. The number of benzene rings is 2. The normalized spacial score (nSPS) is 18.2. The molecule has 1 N–H and O–H groups in total. The molecule has 0 spiro atoms. The van der Waals surface area contributed by atoms with Crippen molar-refractivity contribution in [2.75, 3.05) is 31.7 Å². The number of hydrogen-bond acceptors (Lipinski definition) is 8. The van der Waals surface area contributed by atoms with Gasteiger partial charge in [0.1, 0.15) is 18.1 Å². The Morgan fingerprint density at radius 3 is 2.50 bits per heavy atom. The Hall–Kier alpha value is -4.66. The standard InChI is InChI=1S/C29H27N3O6/c1-3-37-29(36)20-6-4-18(5-7-20)17-32-25(19-10-12-30-13-11-19)24(27(34)28(32)35)26(33)21-8-9-23-22(16-21)31(2)14-15-38-23/h4-13,16,25,33H,3,14-15,17H2,1-2H3/b26-24-. The fraction of sp³-hybridized carbons (Fsp3) is 0.241. The first-order valence-electron chi connectivity index (χ1n) is 12.3. The molecule has 1 fully saturated rings. The maximum Gasteiger partial charge on any atom is 0.338 e. The van der Waals surface area contributed by atoms with Crippen LogP contribution in [0.3, 0.4) is 0 Å². The van der Waals surface area contributed by atoms with Crippen LogP contribution in [-0.4, -0.2) is 59.5 Å². The van der Waals surface area contributed by atoms with Crippen molar-refractivity contribution in [1.82, 2.24) is 9.88 Å². The second-order valence-corrected chi connectivity index (χ2v) is 9.08. The third kappa shape index (κ3) is 4.58. The monoisotopic (exact) mass is 513 g/mol. The van der Waals surface area contributed by atoms with E-state index in [1.165, 1.54) is 4.90 Å². The molecule has 5 rings (SSSR count). The molecule has 0 bridgehead atoms. The summed E-state index contributed by atoms with van der Waals surface area (Å²) in [5.41, 5.74) is 2.95. The first kappa shape index (κ1) is 25.0. The molecule has 0 radical (unpaired) electrons. The highest BCUT2D eigenvalue weighted by molar-refractivity contribution is 6.46. The second kappa shape index (κ2) is 10.4. The van der Waals surface area contributed by atoms with E-state index in [1.807, 2.05) is 11.9 Å². The fourth-order valence-electron chi connectivity index (χ4n) is 4.75. The van der Waals surface area contributed by atoms with Crippen LogP contribution >= 0.6 is 0 Å². The van der Waals surface area contributed by atoms with E-state index in [9.17, 15) is 19.5 Å². The van der Waals surface area contributed by atoms with Crippen LogP contribution in [0.5, 0.6) is 5.75 Å². The van der Waals surface area contributed by atoms with Gasteiger partial charge in [-0.2, -0.15) is 0 Å². The van der Waals surface area contributed by atoms with E-state index in [1.54, 1.807) is 73.9 Å². The summed E-state index contributed by atoms with van der Waals surface area (Å²) in [7, 11) is 1.92. The maximum absolute atomic E-state index is 13.4. The van der Waals surface area contributed by atoms with Gasteiger partial charge in [0, 0.05) is 31.5 Å². The van der Waals surface area contributed by atoms with Crippen molar-refractivity contribution >= 4 is 29.1 Å². The molecule has 3 aromatic rings. The average molecular weight is 514 g/mol. The van der Waals surface area contributed by atoms with Gasteiger partial charge >= 0.3 is 5.97 Å². The molecule has 38 heavy (non-hydrogen) atoms. The Morgan fingerprint density at radius 1 is 1.08 bits per heavy atom. The van der Waals surface area contributed by atoms with Crippen molar-refractivity contribution in [1.29, 1.82) is 0 Å². The van der Waals surface area contributed by atoms with E-state index in [4.69, 9.17) is 9.47 Å². The molecule has 1 unspecified atom stereocenters. The van der Waals surface area contributed by atoms with Crippen molar-refractivity contribution in [2.45, 2.75) is 19.5 Å². The SMILES string of the molecule is CCOC(=O)c1ccc(CN2C(=O)C(=O)/C(=C(\O)c3ccc4c(c3)N(C)CCO4)C2c2ccncc2)cc1. The zero-order valence-corrected chi connectivity index (χ0v) is 21.1. The first-order chi connectivity index (χ1) is 18.4. The van der Waals surface area contributed by atoms with E-state index in [0.29, 0.717) is 41.2 Å². The molecule has 9 nitrogen and oxygen atoms in total. The second-order valence-electron chi connectivity index (χ2n) is 9.08. The molecule has 1 saturated heterocycles. The number of aromatic nitrogens is 1. The highest BCUT2D eigenvalue weighted by Crippen LogP contribution is 2.41. The summed E-state index contributed by atoms with van der Waals surface area (Å²) in [5.74, 6) is -1.49. The van der Waals surface area contributed by atoms with Crippen LogP contribution in [0.25, 0.3) is 5.76 Å². The maximum atomic E-state index is 13.4. The van der Waals surface area contributed by atoms with E-state index in [-0.39, 0.29) is 24.5 Å². The lowest BCUT2D eigenvalue weighted by Crippen LogP contribution is -2.29. The predicted octanol–water partition coefficient (Wildman–Crippen LogP) is 3.71. The Kier molecular flexibility index (Phi) is 6.83. The molecule has 9 heteroatoms. The summed E-state index contributed by atoms with van der Waals surface area (Å²) < 4.78 is 10.7. The van der Waals surface area contributed by atoms with Crippen molar-refractivity contribution in [2.24, 2.45) is 0 Å².